The van der Waals surface area contributed by atoms with Crippen LogP contribution in [-0.4, -0.2) is 29.8 Å². The molecule has 1 heterocycles. The van der Waals surface area contributed by atoms with Crippen LogP contribution in [0.1, 0.15) is 50.4 Å². The maximum absolute atomic E-state index is 13.3. The molecule has 1 aromatic carbocycles. The minimum atomic E-state index is -0.967. The zero-order valence-corrected chi connectivity index (χ0v) is 13.0. The smallest absolute Gasteiger partial charge is 0.179 e. The number of rotatable bonds is 5. The van der Waals surface area contributed by atoms with Crippen molar-refractivity contribution in [3.8, 4) is 0 Å². The van der Waals surface area contributed by atoms with Crippen LogP contribution in [0.4, 0.5) is 8.78 Å². The highest BCUT2D eigenvalue weighted by molar-refractivity contribution is 5.99. The first kappa shape index (κ1) is 16.1. The standard InChI is InChI=1S/C17H23F2NO/c1-4-17(5-2)8-9-20(11-17)12(3)16(21)13-6-7-14(18)15(19)10-13/h6-7,10,12H,4-5,8-9,11H2,1-3H3. The van der Waals surface area contributed by atoms with E-state index in [1.54, 1.807) is 0 Å². The molecular weight excluding hydrogens is 272 g/mol. The van der Waals surface area contributed by atoms with E-state index >= 15 is 0 Å². The number of carbonyl (C=O) groups is 1. The summed E-state index contributed by atoms with van der Waals surface area (Å²) in [6, 6.07) is 3.08. The van der Waals surface area contributed by atoms with Gasteiger partial charge in [-0.15, -0.1) is 0 Å². The van der Waals surface area contributed by atoms with Gasteiger partial charge in [0.05, 0.1) is 6.04 Å². The molecule has 1 fully saturated rings. The van der Waals surface area contributed by atoms with Crippen molar-refractivity contribution in [3.63, 3.8) is 0 Å². The first-order valence-corrected chi connectivity index (χ1v) is 7.66. The van der Waals surface area contributed by atoms with Crippen molar-refractivity contribution < 1.29 is 13.6 Å². The maximum atomic E-state index is 13.3. The monoisotopic (exact) mass is 295 g/mol. The maximum Gasteiger partial charge on any atom is 0.179 e. The van der Waals surface area contributed by atoms with Gasteiger partial charge in [-0.25, -0.2) is 8.78 Å². The summed E-state index contributed by atoms with van der Waals surface area (Å²) in [5, 5.41) is 0. The summed E-state index contributed by atoms with van der Waals surface area (Å²) in [6.07, 6.45) is 3.30. The lowest BCUT2D eigenvalue weighted by Gasteiger charge is -2.29. The molecule has 0 aliphatic carbocycles. The van der Waals surface area contributed by atoms with Gasteiger partial charge in [-0.1, -0.05) is 13.8 Å². The summed E-state index contributed by atoms with van der Waals surface area (Å²) in [5.41, 5.74) is 0.537. The van der Waals surface area contributed by atoms with Crippen molar-refractivity contribution in [1.82, 2.24) is 4.90 Å². The van der Waals surface area contributed by atoms with Crippen LogP contribution < -0.4 is 0 Å². The Kier molecular flexibility index (Phi) is 4.77. The average Bonchev–Trinajstić information content (AvgIpc) is 2.93. The summed E-state index contributed by atoms with van der Waals surface area (Å²) in [4.78, 5) is 14.6. The minimum Gasteiger partial charge on any atom is -0.293 e. The van der Waals surface area contributed by atoms with Gasteiger partial charge in [0.15, 0.2) is 17.4 Å². The molecule has 0 saturated carbocycles. The van der Waals surface area contributed by atoms with E-state index in [-0.39, 0.29) is 17.4 Å². The Morgan fingerprint density at radius 1 is 1.29 bits per heavy atom. The molecule has 1 aliphatic heterocycles. The molecule has 0 spiro atoms. The highest BCUT2D eigenvalue weighted by atomic mass is 19.2. The Morgan fingerprint density at radius 2 is 1.95 bits per heavy atom. The van der Waals surface area contributed by atoms with Crippen LogP contribution in [0.2, 0.25) is 0 Å². The van der Waals surface area contributed by atoms with Crippen molar-refractivity contribution in [2.24, 2.45) is 5.41 Å². The second kappa shape index (κ2) is 6.22. The molecule has 21 heavy (non-hydrogen) atoms. The van der Waals surface area contributed by atoms with Crippen molar-refractivity contribution in [2.45, 2.75) is 46.1 Å². The highest BCUT2D eigenvalue weighted by Crippen LogP contribution is 2.38. The van der Waals surface area contributed by atoms with Gasteiger partial charge in [-0.2, -0.15) is 0 Å². The molecule has 4 heteroatoms. The zero-order chi connectivity index (χ0) is 15.6. The minimum absolute atomic E-state index is 0.142. The molecule has 1 saturated heterocycles. The third-order valence-electron chi connectivity index (χ3n) is 5.10. The molecule has 0 aromatic heterocycles. The van der Waals surface area contributed by atoms with Crippen LogP contribution in [0, 0.1) is 17.0 Å². The normalized spacial score (nSPS) is 19.7. The van der Waals surface area contributed by atoms with E-state index in [1.807, 2.05) is 6.92 Å². The van der Waals surface area contributed by atoms with E-state index in [2.05, 4.69) is 18.7 Å². The number of hydrogen-bond donors (Lipinski definition) is 0. The second-order valence-electron chi connectivity index (χ2n) is 6.10. The van der Waals surface area contributed by atoms with Gasteiger partial charge in [0.25, 0.3) is 0 Å². The quantitative estimate of drug-likeness (QED) is 0.764. The topological polar surface area (TPSA) is 20.3 Å². The van der Waals surface area contributed by atoms with Gasteiger partial charge in [-0.3, -0.25) is 9.69 Å². The molecule has 0 amide bonds. The van der Waals surface area contributed by atoms with Crippen molar-refractivity contribution in [2.75, 3.05) is 13.1 Å². The van der Waals surface area contributed by atoms with E-state index in [9.17, 15) is 13.6 Å². The van der Waals surface area contributed by atoms with Crippen molar-refractivity contribution >= 4 is 5.78 Å². The van der Waals surface area contributed by atoms with Crippen LogP contribution in [0.5, 0.6) is 0 Å². The molecule has 1 aliphatic rings. The van der Waals surface area contributed by atoms with Crippen molar-refractivity contribution in [3.05, 3.63) is 35.4 Å². The molecule has 116 valence electrons. The van der Waals surface area contributed by atoms with Gasteiger partial charge in [-0.05, 0) is 56.3 Å². The lowest BCUT2D eigenvalue weighted by Crippen LogP contribution is -2.39. The first-order valence-electron chi connectivity index (χ1n) is 7.66. The fourth-order valence-corrected chi connectivity index (χ4v) is 3.18. The van der Waals surface area contributed by atoms with Gasteiger partial charge in [0.2, 0.25) is 0 Å². The molecule has 1 unspecified atom stereocenters. The number of carbonyl (C=O) groups excluding carboxylic acids is 1. The lowest BCUT2D eigenvalue weighted by atomic mass is 9.82. The lowest BCUT2D eigenvalue weighted by molar-refractivity contribution is 0.0849. The first-order chi connectivity index (χ1) is 9.92. The summed E-state index contributed by atoms with van der Waals surface area (Å²) in [7, 11) is 0. The Balaban J connectivity index is 2.11. The van der Waals surface area contributed by atoms with Crippen LogP contribution in [0.15, 0.2) is 18.2 Å². The fourth-order valence-electron chi connectivity index (χ4n) is 3.18. The average molecular weight is 295 g/mol. The number of nitrogens with zero attached hydrogens (tertiary/aromatic N) is 1. The molecule has 2 rings (SSSR count). The van der Waals surface area contributed by atoms with Gasteiger partial charge >= 0.3 is 0 Å². The Labute approximate surface area is 125 Å². The van der Waals surface area contributed by atoms with Gasteiger partial charge in [0, 0.05) is 12.1 Å². The number of benzene rings is 1. The Bertz CT molecular complexity index is 526. The third kappa shape index (κ3) is 3.15. The number of halogens is 2. The summed E-state index contributed by atoms with van der Waals surface area (Å²) < 4.78 is 26.2. The van der Waals surface area contributed by atoms with Gasteiger partial charge < -0.3 is 0 Å². The van der Waals surface area contributed by atoms with E-state index in [4.69, 9.17) is 0 Å². The Hall–Kier alpha value is -1.29. The zero-order valence-electron chi connectivity index (χ0n) is 13.0. The van der Waals surface area contributed by atoms with E-state index in [0.29, 0.717) is 5.41 Å². The molecule has 0 radical (unpaired) electrons. The number of ketones is 1. The van der Waals surface area contributed by atoms with Crippen LogP contribution >= 0.6 is 0 Å². The third-order valence-corrected chi connectivity index (χ3v) is 5.10. The molecule has 1 atom stereocenters. The summed E-state index contributed by atoms with van der Waals surface area (Å²) >= 11 is 0. The fraction of sp³-hybridized carbons (Fsp3) is 0.588. The van der Waals surface area contributed by atoms with Crippen LogP contribution in [-0.2, 0) is 0 Å². The summed E-state index contributed by atoms with van der Waals surface area (Å²) in [6.45, 7) is 8.02. The predicted molar refractivity (Wildman–Crippen MR) is 79.4 cm³/mol. The van der Waals surface area contributed by atoms with E-state index in [1.165, 1.54) is 6.07 Å². The second-order valence-corrected chi connectivity index (χ2v) is 6.10. The van der Waals surface area contributed by atoms with Crippen LogP contribution in [0.25, 0.3) is 0 Å². The van der Waals surface area contributed by atoms with Crippen LogP contribution in [0.3, 0.4) is 0 Å². The molecule has 2 nitrogen and oxygen atoms in total. The van der Waals surface area contributed by atoms with E-state index in [0.717, 1.165) is 44.5 Å². The Morgan fingerprint density at radius 3 is 2.48 bits per heavy atom. The number of hydrogen-bond acceptors (Lipinski definition) is 2. The van der Waals surface area contributed by atoms with Gasteiger partial charge in [0.1, 0.15) is 0 Å². The van der Waals surface area contributed by atoms with Crippen molar-refractivity contribution in [1.29, 1.82) is 0 Å². The molecule has 1 aromatic rings. The number of likely N-dealkylation sites (tertiary alicyclic amines) is 1. The summed E-state index contributed by atoms with van der Waals surface area (Å²) in [5.74, 6) is -2.03. The predicted octanol–water partition coefficient (Wildman–Crippen LogP) is 4.05. The van der Waals surface area contributed by atoms with E-state index < -0.39 is 11.6 Å². The SMILES string of the molecule is CCC1(CC)CCN(C(C)C(=O)c2ccc(F)c(F)c2)C1. The largest absolute Gasteiger partial charge is 0.293 e. The number of Topliss-reactive ketones (excluding diaryl/α,β-unsaturated/α-hetero) is 1. The molecule has 0 N–H and O–H groups in total. The molecule has 0 bridgehead atoms. The highest BCUT2D eigenvalue weighted by Gasteiger charge is 2.38. The molecular formula is C17H23F2NO.